The molecule has 0 radical (unpaired) electrons. The van der Waals surface area contributed by atoms with Crippen LogP contribution in [0.15, 0.2) is 27.5 Å². The number of rotatable bonds is 8. The van der Waals surface area contributed by atoms with Gasteiger partial charge in [0.1, 0.15) is 6.26 Å². The zero-order valence-corrected chi connectivity index (χ0v) is 11.9. The topological polar surface area (TPSA) is 101 Å². The highest BCUT2D eigenvalue weighted by molar-refractivity contribution is 5.76. The maximum Gasteiger partial charge on any atom is 0.227 e. The number of amides is 1. The summed E-state index contributed by atoms with van der Waals surface area (Å²) in [7, 11) is 0. The van der Waals surface area contributed by atoms with Crippen LogP contribution in [-0.2, 0) is 11.2 Å². The van der Waals surface area contributed by atoms with Crippen molar-refractivity contribution in [1.82, 2.24) is 15.5 Å². The second-order valence-corrected chi connectivity index (χ2v) is 4.86. The van der Waals surface area contributed by atoms with Crippen LogP contribution in [-0.4, -0.2) is 33.8 Å². The molecule has 0 aliphatic heterocycles. The fraction of sp³-hybridized carbons (Fsp3) is 0.500. The summed E-state index contributed by atoms with van der Waals surface area (Å²) in [6.07, 6.45) is 5.18. The molecule has 1 amide bonds. The van der Waals surface area contributed by atoms with Gasteiger partial charge in [-0.3, -0.25) is 4.79 Å². The largest absolute Gasteiger partial charge is 0.472 e. The van der Waals surface area contributed by atoms with E-state index in [2.05, 4.69) is 15.5 Å². The average molecular weight is 293 g/mol. The highest BCUT2D eigenvalue weighted by atomic mass is 16.5. The van der Waals surface area contributed by atoms with Crippen molar-refractivity contribution in [3.63, 3.8) is 0 Å². The number of hydrogen-bond donors (Lipinski definition) is 2. The highest BCUT2D eigenvalue weighted by Crippen LogP contribution is 2.16. The van der Waals surface area contributed by atoms with Crippen molar-refractivity contribution in [1.29, 1.82) is 0 Å². The van der Waals surface area contributed by atoms with Crippen LogP contribution in [0, 0.1) is 0 Å². The number of aliphatic hydroxyl groups is 1. The van der Waals surface area contributed by atoms with Gasteiger partial charge in [-0.25, -0.2) is 0 Å². The standard InChI is InChI=1S/C14H19N3O4/c1-10(3-2-7-18)15-12(19)4-5-13-16-14(17-21-13)11-6-8-20-9-11/h6,8-10,18H,2-5,7H2,1H3,(H,15,19). The molecular weight excluding hydrogens is 274 g/mol. The molecule has 2 heterocycles. The monoisotopic (exact) mass is 293 g/mol. The molecule has 0 aromatic carbocycles. The minimum absolute atomic E-state index is 0.0498. The van der Waals surface area contributed by atoms with E-state index in [-0.39, 0.29) is 25.0 Å². The summed E-state index contributed by atoms with van der Waals surface area (Å²) in [5.74, 6) is 0.809. The Bertz CT molecular complexity index is 550. The predicted octanol–water partition coefficient (Wildman–Crippen LogP) is 1.54. The van der Waals surface area contributed by atoms with Gasteiger partial charge in [-0.2, -0.15) is 4.98 Å². The molecule has 0 bridgehead atoms. The minimum Gasteiger partial charge on any atom is -0.472 e. The van der Waals surface area contributed by atoms with Crippen LogP contribution < -0.4 is 5.32 Å². The molecule has 0 fully saturated rings. The lowest BCUT2D eigenvalue weighted by Crippen LogP contribution is -2.32. The van der Waals surface area contributed by atoms with Gasteiger partial charge in [0.25, 0.3) is 0 Å². The number of nitrogens with one attached hydrogen (secondary N) is 1. The van der Waals surface area contributed by atoms with E-state index in [1.165, 1.54) is 12.5 Å². The highest BCUT2D eigenvalue weighted by Gasteiger charge is 2.12. The van der Waals surface area contributed by atoms with E-state index >= 15 is 0 Å². The molecule has 114 valence electrons. The zero-order chi connectivity index (χ0) is 15.1. The fourth-order valence-corrected chi connectivity index (χ4v) is 1.90. The van der Waals surface area contributed by atoms with Gasteiger partial charge in [0.05, 0.1) is 11.8 Å². The van der Waals surface area contributed by atoms with Gasteiger partial charge >= 0.3 is 0 Å². The molecule has 1 unspecified atom stereocenters. The van der Waals surface area contributed by atoms with E-state index < -0.39 is 0 Å². The number of nitrogens with zero attached hydrogens (tertiary/aromatic N) is 2. The van der Waals surface area contributed by atoms with Crippen molar-refractivity contribution in [2.45, 2.75) is 38.6 Å². The minimum atomic E-state index is -0.0662. The molecule has 1 atom stereocenters. The van der Waals surface area contributed by atoms with Crippen LogP contribution in [0.5, 0.6) is 0 Å². The van der Waals surface area contributed by atoms with Crippen molar-refractivity contribution < 1.29 is 18.8 Å². The Labute approximate surface area is 122 Å². The molecule has 2 N–H and O–H groups in total. The summed E-state index contributed by atoms with van der Waals surface area (Å²) in [5, 5.41) is 15.4. The van der Waals surface area contributed by atoms with E-state index in [1.54, 1.807) is 6.07 Å². The van der Waals surface area contributed by atoms with E-state index in [4.69, 9.17) is 14.0 Å². The molecule has 0 saturated heterocycles. The Balaban J connectivity index is 1.77. The number of carbonyl (C=O) groups is 1. The van der Waals surface area contributed by atoms with Crippen LogP contribution in [0.25, 0.3) is 11.4 Å². The van der Waals surface area contributed by atoms with Gasteiger partial charge in [-0.1, -0.05) is 5.16 Å². The average Bonchev–Trinajstić information content (AvgIpc) is 3.13. The van der Waals surface area contributed by atoms with Crippen molar-refractivity contribution in [3.8, 4) is 11.4 Å². The number of carbonyl (C=O) groups excluding carboxylic acids is 1. The van der Waals surface area contributed by atoms with Gasteiger partial charge in [-0.05, 0) is 25.8 Å². The Hall–Kier alpha value is -2.15. The maximum atomic E-state index is 11.7. The van der Waals surface area contributed by atoms with Gasteiger partial charge in [0, 0.05) is 25.5 Å². The first-order valence-electron chi connectivity index (χ1n) is 6.94. The fourth-order valence-electron chi connectivity index (χ4n) is 1.90. The number of aryl methyl sites for hydroxylation is 1. The molecule has 2 aromatic heterocycles. The smallest absolute Gasteiger partial charge is 0.227 e. The van der Waals surface area contributed by atoms with Crippen LogP contribution in [0.4, 0.5) is 0 Å². The van der Waals surface area contributed by atoms with Gasteiger partial charge in [-0.15, -0.1) is 0 Å². The third kappa shape index (κ3) is 4.71. The molecule has 0 aliphatic rings. The molecule has 21 heavy (non-hydrogen) atoms. The summed E-state index contributed by atoms with van der Waals surface area (Å²) < 4.78 is 10.0. The molecule has 2 aromatic rings. The van der Waals surface area contributed by atoms with Crippen molar-refractivity contribution >= 4 is 5.91 Å². The van der Waals surface area contributed by atoms with E-state index in [0.29, 0.717) is 24.6 Å². The van der Waals surface area contributed by atoms with Crippen LogP contribution in [0.3, 0.4) is 0 Å². The summed E-state index contributed by atoms with van der Waals surface area (Å²) in [6.45, 7) is 2.05. The number of aliphatic hydroxyl groups excluding tert-OH is 1. The normalized spacial score (nSPS) is 12.3. The van der Waals surface area contributed by atoms with Crippen molar-refractivity contribution in [3.05, 3.63) is 24.5 Å². The third-order valence-corrected chi connectivity index (χ3v) is 3.02. The second-order valence-electron chi connectivity index (χ2n) is 4.86. The second kappa shape index (κ2) is 7.58. The third-order valence-electron chi connectivity index (χ3n) is 3.02. The van der Waals surface area contributed by atoms with E-state index in [0.717, 1.165) is 12.0 Å². The Kier molecular flexibility index (Phi) is 5.51. The molecular formula is C14H19N3O4. The van der Waals surface area contributed by atoms with Crippen LogP contribution in [0.2, 0.25) is 0 Å². The molecule has 0 aliphatic carbocycles. The Morgan fingerprint density at radius 3 is 3.10 bits per heavy atom. The molecule has 7 nitrogen and oxygen atoms in total. The molecule has 7 heteroatoms. The number of aromatic nitrogens is 2. The Morgan fingerprint density at radius 1 is 1.52 bits per heavy atom. The lowest BCUT2D eigenvalue weighted by atomic mass is 10.2. The Morgan fingerprint density at radius 2 is 2.38 bits per heavy atom. The number of furan rings is 1. The first-order valence-corrected chi connectivity index (χ1v) is 6.94. The molecule has 2 rings (SSSR count). The van der Waals surface area contributed by atoms with E-state index in [9.17, 15) is 4.79 Å². The first-order chi connectivity index (χ1) is 10.2. The van der Waals surface area contributed by atoms with Gasteiger partial charge in [0.15, 0.2) is 0 Å². The SMILES string of the molecule is CC(CCCO)NC(=O)CCc1nc(-c2ccoc2)no1. The molecule has 0 spiro atoms. The van der Waals surface area contributed by atoms with E-state index in [1.807, 2.05) is 6.92 Å². The quantitative estimate of drug-likeness (QED) is 0.765. The van der Waals surface area contributed by atoms with Gasteiger partial charge in [0.2, 0.25) is 17.6 Å². The summed E-state index contributed by atoms with van der Waals surface area (Å²) in [5.41, 5.74) is 0.743. The first kappa shape index (κ1) is 15.2. The number of hydrogen-bond acceptors (Lipinski definition) is 6. The summed E-state index contributed by atoms with van der Waals surface area (Å²) in [4.78, 5) is 15.9. The lowest BCUT2D eigenvalue weighted by Gasteiger charge is -2.12. The maximum absolute atomic E-state index is 11.7. The summed E-state index contributed by atoms with van der Waals surface area (Å²) in [6, 6.07) is 1.79. The predicted molar refractivity (Wildman–Crippen MR) is 74.2 cm³/mol. The summed E-state index contributed by atoms with van der Waals surface area (Å²) >= 11 is 0. The van der Waals surface area contributed by atoms with Crippen LogP contribution >= 0.6 is 0 Å². The van der Waals surface area contributed by atoms with Crippen LogP contribution in [0.1, 0.15) is 32.1 Å². The zero-order valence-electron chi connectivity index (χ0n) is 11.9. The van der Waals surface area contributed by atoms with Crippen molar-refractivity contribution in [2.75, 3.05) is 6.61 Å². The lowest BCUT2D eigenvalue weighted by molar-refractivity contribution is -0.121. The van der Waals surface area contributed by atoms with Gasteiger partial charge < -0.3 is 19.4 Å². The molecule has 0 saturated carbocycles. The van der Waals surface area contributed by atoms with Crippen molar-refractivity contribution in [2.24, 2.45) is 0 Å².